The van der Waals surface area contributed by atoms with Crippen molar-refractivity contribution in [3.63, 3.8) is 0 Å². The zero-order valence-corrected chi connectivity index (χ0v) is 18.9. The maximum Gasteiger partial charge on any atom is 0.319 e. The van der Waals surface area contributed by atoms with Gasteiger partial charge in [0.25, 0.3) is 5.56 Å². The minimum atomic E-state index is -0.306. The molecule has 0 aliphatic carbocycles. The largest absolute Gasteiger partial charge is 0.330 e. The van der Waals surface area contributed by atoms with E-state index in [1.54, 1.807) is 18.2 Å². The van der Waals surface area contributed by atoms with Crippen molar-refractivity contribution in [2.75, 3.05) is 25.0 Å². The number of amides is 2. The third kappa shape index (κ3) is 4.84. The normalized spacial score (nSPS) is 14.7. The molecule has 1 fully saturated rings. The maximum atomic E-state index is 13.1. The Morgan fingerprint density at radius 1 is 0.941 bits per heavy atom. The molecule has 34 heavy (non-hydrogen) atoms. The lowest BCUT2D eigenvalue weighted by Crippen LogP contribution is -2.39. The predicted octanol–water partition coefficient (Wildman–Crippen LogP) is 4.34. The van der Waals surface area contributed by atoms with Gasteiger partial charge in [-0.1, -0.05) is 48.5 Å². The molecule has 1 unspecified atom stereocenters. The summed E-state index contributed by atoms with van der Waals surface area (Å²) in [4.78, 5) is 32.8. The number of fused-ring (bicyclic) bond motifs is 1. The molecule has 172 valence electrons. The quantitative estimate of drug-likeness (QED) is 0.455. The number of aromatic nitrogens is 2. The summed E-state index contributed by atoms with van der Waals surface area (Å²) in [5.41, 5.74) is 2.75. The molecule has 4 aromatic rings. The van der Waals surface area contributed by atoms with Crippen LogP contribution in [0.2, 0.25) is 0 Å². The van der Waals surface area contributed by atoms with Crippen LogP contribution in [0.4, 0.5) is 10.5 Å². The number of urea groups is 1. The monoisotopic (exact) mass is 453 g/mol. The number of anilines is 1. The highest BCUT2D eigenvalue weighted by Gasteiger charge is 2.21. The summed E-state index contributed by atoms with van der Waals surface area (Å²) in [5.74, 6) is 0. The second kappa shape index (κ2) is 9.89. The SMILES string of the molecule is O=C(Nc1ccc2ncn(-c3ccccc3)c(=O)c2c1)NC(CN1CCCC1)c1ccccc1. The van der Waals surface area contributed by atoms with Crippen LogP contribution in [0.25, 0.3) is 16.6 Å². The molecule has 0 radical (unpaired) electrons. The van der Waals surface area contributed by atoms with Crippen molar-refractivity contribution >= 4 is 22.6 Å². The minimum absolute atomic E-state index is 0.128. The molecule has 7 nitrogen and oxygen atoms in total. The van der Waals surface area contributed by atoms with Crippen LogP contribution in [0, 0.1) is 0 Å². The van der Waals surface area contributed by atoms with Crippen molar-refractivity contribution in [1.82, 2.24) is 19.8 Å². The van der Waals surface area contributed by atoms with Crippen LogP contribution in [0.5, 0.6) is 0 Å². The number of carbonyl (C=O) groups is 1. The molecular formula is C27H27N5O2. The molecule has 0 spiro atoms. The van der Waals surface area contributed by atoms with Crippen LogP contribution in [0.15, 0.2) is 90.0 Å². The van der Waals surface area contributed by atoms with Gasteiger partial charge >= 0.3 is 6.03 Å². The Hall–Kier alpha value is -3.97. The van der Waals surface area contributed by atoms with Gasteiger partial charge < -0.3 is 15.5 Å². The van der Waals surface area contributed by atoms with Crippen molar-refractivity contribution in [2.24, 2.45) is 0 Å². The summed E-state index contributed by atoms with van der Waals surface area (Å²) >= 11 is 0. The Morgan fingerprint density at radius 3 is 2.38 bits per heavy atom. The second-order valence-electron chi connectivity index (χ2n) is 8.56. The highest BCUT2D eigenvalue weighted by molar-refractivity contribution is 5.92. The Labute approximate surface area is 198 Å². The zero-order valence-electron chi connectivity index (χ0n) is 18.9. The van der Waals surface area contributed by atoms with Gasteiger partial charge in [0.1, 0.15) is 6.33 Å². The molecule has 1 aliphatic heterocycles. The molecule has 1 aromatic heterocycles. The molecule has 0 bridgehead atoms. The second-order valence-corrected chi connectivity index (χ2v) is 8.56. The van der Waals surface area contributed by atoms with Gasteiger partial charge in [-0.05, 0) is 61.8 Å². The van der Waals surface area contributed by atoms with E-state index in [-0.39, 0.29) is 17.6 Å². The summed E-state index contributed by atoms with van der Waals surface area (Å²) < 4.78 is 1.51. The summed E-state index contributed by atoms with van der Waals surface area (Å²) in [6.07, 6.45) is 3.92. The topological polar surface area (TPSA) is 79.3 Å². The number of hydrogen-bond donors (Lipinski definition) is 2. The number of carbonyl (C=O) groups excluding carboxylic acids is 1. The standard InChI is InChI=1S/C27H27N5O2/c33-26-23-17-21(13-14-24(23)28-19-32(26)22-11-5-2-6-12-22)29-27(34)30-25(18-31-15-7-8-16-31)20-9-3-1-4-10-20/h1-6,9-14,17,19,25H,7-8,15-16,18H2,(H2,29,30,34). The Morgan fingerprint density at radius 2 is 1.65 bits per heavy atom. The van der Waals surface area contributed by atoms with Crippen molar-refractivity contribution in [2.45, 2.75) is 18.9 Å². The van der Waals surface area contributed by atoms with Gasteiger partial charge in [0.15, 0.2) is 0 Å². The predicted molar refractivity (Wildman–Crippen MR) is 134 cm³/mol. The minimum Gasteiger partial charge on any atom is -0.330 e. The molecule has 1 aliphatic rings. The molecule has 1 saturated heterocycles. The van der Waals surface area contributed by atoms with E-state index < -0.39 is 0 Å². The van der Waals surface area contributed by atoms with Gasteiger partial charge in [-0.2, -0.15) is 0 Å². The average Bonchev–Trinajstić information content (AvgIpc) is 3.38. The summed E-state index contributed by atoms with van der Waals surface area (Å²) in [7, 11) is 0. The first-order valence-electron chi connectivity index (χ1n) is 11.6. The van der Waals surface area contributed by atoms with E-state index in [1.165, 1.54) is 23.7 Å². The molecular weight excluding hydrogens is 426 g/mol. The van der Waals surface area contributed by atoms with E-state index >= 15 is 0 Å². The lowest BCUT2D eigenvalue weighted by atomic mass is 10.1. The Kier molecular flexibility index (Phi) is 6.35. The maximum absolute atomic E-state index is 13.1. The van der Waals surface area contributed by atoms with Crippen LogP contribution in [-0.4, -0.2) is 40.1 Å². The molecule has 2 heterocycles. The highest BCUT2D eigenvalue weighted by atomic mass is 16.2. The fourth-order valence-electron chi connectivity index (χ4n) is 4.44. The van der Waals surface area contributed by atoms with Gasteiger partial charge in [0.2, 0.25) is 0 Å². The lowest BCUT2D eigenvalue weighted by Gasteiger charge is -2.25. The van der Waals surface area contributed by atoms with Crippen LogP contribution < -0.4 is 16.2 Å². The van der Waals surface area contributed by atoms with E-state index in [2.05, 4.69) is 20.5 Å². The number of likely N-dealkylation sites (tertiary alicyclic amines) is 1. The fourth-order valence-corrected chi connectivity index (χ4v) is 4.44. The van der Waals surface area contributed by atoms with Gasteiger partial charge in [-0.15, -0.1) is 0 Å². The highest BCUT2D eigenvalue weighted by Crippen LogP contribution is 2.19. The van der Waals surface area contributed by atoms with E-state index in [0.29, 0.717) is 16.6 Å². The molecule has 2 N–H and O–H groups in total. The number of hydrogen-bond acceptors (Lipinski definition) is 4. The van der Waals surface area contributed by atoms with Gasteiger partial charge in [0.05, 0.1) is 22.6 Å². The number of benzene rings is 3. The zero-order chi connectivity index (χ0) is 23.3. The van der Waals surface area contributed by atoms with Crippen molar-refractivity contribution in [3.05, 3.63) is 101 Å². The summed E-state index contributed by atoms with van der Waals surface area (Å²) in [6.45, 7) is 2.87. The van der Waals surface area contributed by atoms with Crippen LogP contribution in [0.3, 0.4) is 0 Å². The molecule has 5 rings (SSSR count). The first-order valence-corrected chi connectivity index (χ1v) is 11.6. The first kappa shape index (κ1) is 21.9. The van der Waals surface area contributed by atoms with Crippen LogP contribution in [0.1, 0.15) is 24.4 Å². The van der Waals surface area contributed by atoms with Crippen molar-refractivity contribution in [1.29, 1.82) is 0 Å². The smallest absolute Gasteiger partial charge is 0.319 e. The third-order valence-corrected chi connectivity index (χ3v) is 6.20. The molecule has 2 amide bonds. The number of para-hydroxylation sites is 1. The molecule has 1 atom stereocenters. The van der Waals surface area contributed by atoms with Gasteiger partial charge in [0, 0.05) is 12.2 Å². The summed E-state index contributed by atoms with van der Waals surface area (Å²) in [6, 6.07) is 24.1. The third-order valence-electron chi connectivity index (χ3n) is 6.20. The van der Waals surface area contributed by atoms with Crippen molar-refractivity contribution in [3.8, 4) is 5.69 Å². The van der Waals surface area contributed by atoms with E-state index in [4.69, 9.17) is 0 Å². The van der Waals surface area contributed by atoms with E-state index in [0.717, 1.165) is 30.9 Å². The van der Waals surface area contributed by atoms with Crippen molar-refractivity contribution < 1.29 is 4.79 Å². The number of rotatable bonds is 6. The number of nitrogens with zero attached hydrogens (tertiary/aromatic N) is 3. The molecule has 3 aromatic carbocycles. The lowest BCUT2D eigenvalue weighted by molar-refractivity contribution is 0.240. The molecule has 7 heteroatoms. The average molecular weight is 454 g/mol. The summed E-state index contributed by atoms with van der Waals surface area (Å²) in [5, 5.41) is 6.46. The number of nitrogens with one attached hydrogen (secondary N) is 2. The van der Waals surface area contributed by atoms with E-state index in [1.807, 2.05) is 60.7 Å². The Balaban J connectivity index is 1.36. The first-order chi connectivity index (χ1) is 16.7. The van der Waals surface area contributed by atoms with Crippen LogP contribution >= 0.6 is 0 Å². The Bertz CT molecular complexity index is 1330. The van der Waals surface area contributed by atoms with Gasteiger partial charge in [-0.25, -0.2) is 9.78 Å². The molecule has 0 saturated carbocycles. The van der Waals surface area contributed by atoms with Gasteiger partial charge in [-0.3, -0.25) is 9.36 Å². The van der Waals surface area contributed by atoms with E-state index in [9.17, 15) is 9.59 Å². The van der Waals surface area contributed by atoms with Crippen LogP contribution in [-0.2, 0) is 0 Å². The fraction of sp³-hybridized carbons (Fsp3) is 0.222.